The topological polar surface area (TPSA) is 154 Å². The highest BCUT2D eigenvalue weighted by atomic mass is 35.5. The van der Waals surface area contributed by atoms with Gasteiger partial charge in [-0.2, -0.15) is 0 Å². The number of nitrogens with one attached hydrogen (secondary N) is 3. The van der Waals surface area contributed by atoms with Crippen molar-refractivity contribution in [1.29, 1.82) is 0 Å². The van der Waals surface area contributed by atoms with Crippen molar-refractivity contribution in [2.75, 3.05) is 5.32 Å². The molecule has 0 spiro atoms. The first-order valence-corrected chi connectivity index (χ1v) is 12.4. The molecule has 0 heterocycles. The number of hydrogen-bond acceptors (Lipinski definition) is 5. The maximum atomic E-state index is 13.0. The first kappa shape index (κ1) is 27.9. The fourth-order valence-electron chi connectivity index (χ4n) is 6.02. The number of anilines is 1. The van der Waals surface area contributed by atoms with E-state index >= 15 is 0 Å². The number of amides is 3. The highest BCUT2D eigenvalue weighted by Gasteiger charge is 2.84. The summed E-state index contributed by atoms with van der Waals surface area (Å²) in [4.78, 5) is 50.9. The number of benzene rings is 1. The molecule has 12 heteroatoms. The molecule has 0 aromatic heterocycles. The van der Waals surface area contributed by atoms with E-state index in [-0.39, 0.29) is 23.6 Å². The van der Waals surface area contributed by atoms with E-state index < -0.39 is 64.4 Å². The van der Waals surface area contributed by atoms with Crippen LogP contribution in [0.25, 0.3) is 0 Å². The van der Waals surface area contributed by atoms with Crippen LogP contribution in [0.1, 0.15) is 47.5 Å². The zero-order valence-corrected chi connectivity index (χ0v) is 22.2. The number of urea groups is 1. The van der Waals surface area contributed by atoms with Gasteiger partial charge in [0.25, 0.3) is 0 Å². The van der Waals surface area contributed by atoms with Crippen LogP contribution in [0.2, 0.25) is 10.0 Å². The largest absolute Gasteiger partial charge is 0.481 e. The number of halogens is 2. The van der Waals surface area contributed by atoms with Crippen molar-refractivity contribution in [3.63, 3.8) is 0 Å². The molecule has 0 aliphatic heterocycles. The highest BCUT2D eigenvalue weighted by molar-refractivity contribution is 6.36. The van der Waals surface area contributed by atoms with Gasteiger partial charge >= 0.3 is 24.1 Å². The summed E-state index contributed by atoms with van der Waals surface area (Å²) in [7, 11) is 0. The lowest BCUT2D eigenvalue weighted by Gasteiger charge is -2.48. The standard InChI is InChI=1S/C24H31Cl2N3O7/c1-6-23(7-2)17(28-20(34)27-13-9-8-11(25)10-12(13)26)14-15(18(30)31)16(14)24(23,19(32)33)29-21(35)36-22(3,4)5/h8-10,14-17H,6-7H2,1-5H3,(H,29,35)(H,30,31)(H,32,33)(H2,27,28,34)/t14-,15-,16+,17+,24-/m1/s1. The number of carboxylic acids is 2. The summed E-state index contributed by atoms with van der Waals surface area (Å²) in [6.45, 7) is 8.41. The van der Waals surface area contributed by atoms with Crippen molar-refractivity contribution < 1.29 is 34.1 Å². The molecule has 10 nitrogen and oxygen atoms in total. The molecule has 0 unspecified atom stereocenters. The van der Waals surface area contributed by atoms with Crippen LogP contribution in [0.3, 0.4) is 0 Å². The van der Waals surface area contributed by atoms with E-state index in [0.717, 1.165) is 0 Å². The Morgan fingerprint density at radius 3 is 2.17 bits per heavy atom. The summed E-state index contributed by atoms with van der Waals surface area (Å²) in [6.07, 6.45) is -0.501. The van der Waals surface area contributed by atoms with Gasteiger partial charge in [-0.1, -0.05) is 37.0 Å². The van der Waals surface area contributed by atoms with E-state index in [9.17, 15) is 29.4 Å². The maximum Gasteiger partial charge on any atom is 0.408 e. The van der Waals surface area contributed by atoms with Gasteiger partial charge in [0.2, 0.25) is 0 Å². The molecule has 0 bridgehead atoms. The molecule has 1 aromatic carbocycles. The molecule has 3 amide bonds. The van der Waals surface area contributed by atoms with Crippen LogP contribution in [-0.4, -0.2) is 51.5 Å². The molecule has 2 aliphatic rings. The molecule has 0 saturated heterocycles. The van der Waals surface area contributed by atoms with Crippen molar-refractivity contribution in [1.82, 2.24) is 10.6 Å². The maximum absolute atomic E-state index is 13.0. The normalized spacial score (nSPS) is 28.0. The number of carbonyl (C=O) groups excluding carboxylic acids is 2. The van der Waals surface area contributed by atoms with Crippen molar-refractivity contribution in [3.05, 3.63) is 28.2 Å². The summed E-state index contributed by atoms with van der Waals surface area (Å²) in [6, 6.07) is 2.93. The lowest BCUT2D eigenvalue weighted by Crippen LogP contribution is -2.69. The molecule has 1 aromatic rings. The highest BCUT2D eigenvalue weighted by Crippen LogP contribution is 2.71. The quantitative estimate of drug-likeness (QED) is 0.336. The van der Waals surface area contributed by atoms with Gasteiger partial charge in [-0.25, -0.2) is 14.4 Å². The zero-order chi connectivity index (χ0) is 27.2. The third-order valence-electron chi connectivity index (χ3n) is 7.39. The number of alkyl carbamates (subject to hydrolysis) is 1. The summed E-state index contributed by atoms with van der Waals surface area (Å²) in [5, 5.41) is 28.9. The van der Waals surface area contributed by atoms with Crippen molar-refractivity contribution in [2.45, 2.75) is 64.6 Å². The molecular weight excluding hydrogens is 513 g/mol. The van der Waals surface area contributed by atoms with Crippen LogP contribution >= 0.6 is 23.2 Å². The van der Waals surface area contributed by atoms with Crippen molar-refractivity contribution in [2.24, 2.45) is 23.2 Å². The number of carboxylic acid groups (broad SMARTS) is 2. The van der Waals surface area contributed by atoms with Crippen molar-refractivity contribution in [3.8, 4) is 0 Å². The Balaban J connectivity index is 2.02. The minimum Gasteiger partial charge on any atom is -0.481 e. The third kappa shape index (κ3) is 4.56. The fraction of sp³-hybridized carbons (Fsp3) is 0.583. The lowest BCUT2D eigenvalue weighted by atomic mass is 9.62. The van der Waals surface area contributed by atoms with Crippen LogP contribution in [0.15, 0.2) is 18.2 Å². The monoisotopic (exact) mass is 543 g/mol. The second-order valence-corrected chi connectivity index (χ2v) is 11.1. The Morgan fingerprint density at radius 1 is 1.08 bits per heavy atom. The van der Waals surface area contributed by atoms with Gasteiger partial charge in [-0.15, -0.1) is 0 Å². The second-order valence-electron chi connectivity index (χ2n) is 10.3. The summed E-state index contributed by atoms with van der Waals surface area (Å²) in [5.74, 6) is -5.33. The van der Waals surface area contributed by atoms with Gasteiger partial charge < -0.3 is 30.9 Å². The Hall–Kier alpha value is -2.72. The first-order chi connectivity index (χ1) is 16.6. The average molecular weight is 544 g/mol. The van der Waals surface area contributed by atoms with Gasteiger partial charge in [-0.05, 0) is 57.7 Å². The predicted molar refractivity (Wildman–Crippen MR) is 133 cm³/mol. The van der Waals surface area contributed by atoms with E-state index in [4.69, 9.17) is 27.9 Å². The Labute approximate surface area is 219 Å². The molecule has 2 saturated carbocycles. The molecule has 36 heavy (non-hydrogen) atoms. The summed E-state index contributed by atoms with van der Waals surface area (Å²) in [5.41, 5.74) is -3.83. The van der Waals surface area contributed by atoms with Crippen molar-refractivity contribution >= 4 is 53.0 Å². The van der Waals surface area contributed by atoms with Crippen LogP contribution in [0, 0.1) is 23.2 Å². The molecule has 5 atom stereocenters. The predicted octanol–water partition coefficient (Wildman–Crippen LogP) is 4.60. The number of ether oxygens (including phenoxy) is 1. The minimum absolute atomic E-state index is 0.195. The molecule has 5 N–H and O–H groups in total. The third-order valence-corrected chi connectivity index (χ3v) is 7.94. The molecule has 3 rings (SSSR count). The molecule has 2 fully saturated rings. The van der Waals surface area contributed by atoms with Gasteiger partial charge in [0.05, 0.1) is 16.6 Å². The van der Waals surface area contributed by atoms with Crippen LogP contribution in [0.5, 0.6) is 0 Å². The molecule has 2 aliphatic carbocycles. The Kier molecular flexibility index (Phi) is 7.45. The molecule has 198 valence electrons. The van der Waals surface area contributed by atoms with Crippen LogP contribution in [0.4, 0.5) is 15.3 Å². The van der Waals surface area contributed by atoms with E-state index in [0.29, 0.717) is 5.02 Å². The Bertz CT molecular complexity index is 1090. The number of rotatable bonds is 7. The Morgan fingerprint density at radius 2 is 1.69 bits per heavy atom. The van der Waals surface area contributed by atoms with E-state index in [1.165, 1.54) is 12.1 Å². The first-order valence-electron chi connectivity index (χ1n) is 11.6. The number of fused-ring (bicyclic) bond motifs is 1. The minimum atomic E-state index is -1.98. The van der Waals surface area contributed by atoms with E-state index in [1.54, 1.807) is 40.7 Å². The second kappa shape index (κ2) is 9.63. The number of hydrogen-bond donors (Lipinski definition) is 5. The van der Waals surface area contributed by atoms with Crippen LogP contribution < -0.4 is 16.0 Å². The van der Waals surface area contributed by atoms with E-state index in [2.05, 4.69) is 16.0 Å². The molecular formula is C24H31Cl2N3O7. The van der Waals surface area contributed by atoms with Gasteiger partial charge in [-0.3, -0.25) is 4.79 Å². The van der Waals surface area contributed by atoms with E-state index in [1.807, 2.05) is 0 Å². The SMILES string of the molecule is CCC1(CC)[C@@H](NC(=O)Nc2ccc(Cl)cc2Cl)[C@@H]2[C@@H](C(=O)O)[C@H]2[C@@]1(NC(=O)OC(C)(C)C)C(=O)O. The van der Waals surface area contributed by atoms with Crippen LogP contribution in [-0.2, 0) is 14.3 Å². The number of aliphatic carboxylic acids is 2. The summed E-state index contributed by atoms with van der Waals surface area (Å²) >= 11 is 12.1. The van der Waals surface area contributed by atoms with Gasteiger partial charge in [0.15, 0.2) is 5.54 Å². The zero-order valence-electron chi connectivity index (χ0n) is 20.6. The number of carbonyl (C=O) groups is 4. The molecule has 0 radical (unpaired) electrons. The fourth-order valence-corrected chi connectivity index (χ4v) is 6.48. The van der Waals surface area contributed by atoms with Gasteiger partial charge in [0, 0.05) is 22.4 Å². The lowest BCUT2D eigenvalue weighted by molar-refractivity contribution is -0.155. The van der Waals surface area contributed by atoms with Gasteiger partial charge in [0.1, 0.15) is 5.60 Å². The average Bonchev–Trinajstić information content (AvgIpc) is 3.44. The smallest absolute Gasteiger partial charge is 0.408 e. The summed E-state index contributed by atoms with van der Waals surface area (Å²) < 4.78 is 5.35.